The number of sulfonamides is 1. The minimum Gasteiger partial charge on any atom is -0.225 e. The Labute approximate surface area is 155 Å². The van der Waals surface area contributed by atoms with Gasteiger partial charge in [0.2, 0.25) is 10.0 Å². The van der Waals surface area contributed by atoms with E-state index < -0.39 is 61.6 Å². The fourth-order valence-corrected chi connectivity index (χ4v) is 3.15. The first-order valence-electron chi connectivity index (χ1n) is 7.47. The van der Waals surface area contributed by atoms with Gasteiger partial charge in [-0.2, -0.15) is 0 Å². The number of rotatable bonds is 3. The average Bonchev–Trinajstić information content (AvgIpc) is 2.64. The molecule has 3 nitrogen and oxygen atoms in total. The SMILES string of the molecule is NS(=O)(=O)c1ccc(-c2c(F)c(F)c(F)c(F)c2-c2ccc(F)c(F)c2)cc1. The summed E-state index contributed by atoms with van der Waals surface area (Å²) in [5.74, 6) is -10.6. The van der Waals surface area contributed by atoms with Gasteiger partial charge in [0.15, 0.2) is 34.9 Å². The Kier molecular flexibility index (Phi) is 4.94. The van der Waals surface area contributed by atoms with Crippen molar-refractivity contribution in [2.24, 2.45) is 5.14 Å². The summed E-state index contributed by atoms with van der Waals surface area (Å²) in [6.45, 7) is 0. The van der Waals surface area contributed by atoms with Crippen LogP contribution in [0.25, 0.3) is 22.3 Å². The molecule has 146 valence electrons. The van der Waals surface area contributed by atoms with Crippen LogP contribution < -0.4 is 5.14 Å². The van der Waals surface area contributed by atoms with Gasteiger partial charge in [-0.15, -0.1) is 0 Å². The van der Waals surface area contributed by atoms with E-state index in [1.54, 1.807) is 0 Å². The van der Waals surface area contributed by atoms with E-state index in [9.17, 15) is 34.8 Å². The number of halogens is 6. The highest BCUT2D eigenvalue weighted by Gasteiger charge is 2.27. The average molecular weight is 417 g/mol. The lowest BCUT2D eigenvalue weighted by atomic mass is 9.93. The predicted octanol–water partition coefficient (Wildman–Crippen LogP) is 4.50. The molecule has 0 atom stereocenters. The second-order valence-electron chi connectivity index (χ2n) is 5.70. The van der Waals surface area contributed by atoms with E-state index in [4.69, 9.17) is 5.14 Å². The third-order valence-corrected chi connectivity index (χ3v) is 4.88. The molecule has 0 saturated heterocycles. The van der Waals surface area contributed by atoms with Gasteiger partial charge in [0, 0.05) is 11.1 Å². The molecule has 0 fully saturated rings. The highest BCUT2D eigenvalue weighted by molar-refractivity contribution is 7.89. The third-order valence-electron chi connectivity index (χ3n) is 3.95. The molecule has 0 aliphatic rings. The Morgan fingerprint density at radius 2 is 1.07 bits per heavy atom. The van der Waals surface area contributed by atoms with Crippen molar-refractivity contribution in [2.75, 3.05) is 0 Å². The zero-order valence-corrected chi connectivity index (χ0v) is 14.4. The molecule has 0 spiro atoms. The normalized spacial score (nSPS) is 11.7. The Balaban J connectivity index is 2.35. The van der Waals surface area contributed by atoms with Crippen LogP contribution in [0, 0.1) is 34.9 Å². The second kappa shape index (κ2) is 6.95. The van der Waals surface area contributed by atoms with Gasteiger partial charge in [-0.25, -0.2) is 39.9 Å². The molecule has 0 heterocycles. The summed E-state index contributed by atoms with van der Waals surface area (Å²) in [4.78, 5) is -0.367. The number of hydrogen-bond donors (Lipinski definition) is 1. The Bertz CT molecular complexity index is 1190. The van der Waals surface area contributed by atoms with Crippen LogP contribution in [0.4, 0.5) is 26.3 Å². The summed E-state index contributed by atoms with van der Waals surface area (Å²) in [7, 11) is -4.10. The molecule has 0 aromatic heterocycles. The summed E-state index contributed by atoms with van der Waals surface area (Å²) in [5, 5.41) is 4.95. The van der Waals surface area contributed by atoms with Gasteiger partial charge in [0.25, 0.3) is 0 Å². The monoisotopic (exact) mass is 417 g/mol. The van der Waals surface area contributed by atoms with Gasteiger partial charge in [-0.05, 0) is 35.4 Å². The van der Waals surface area contributed by atoms with Gasteiger partial charge >= 0.3 is 0 Å². The molecule has 10 heteroatoms. The molecule has 28 heavy (non-hydrogen) atoms. The summed E-state index contributed by atoms with van der Waals surface area (Å²) < 4.78 is 106. The van der Waals surface area contributed by atoms with Gasteiger partial charge < -0.3 is 0 Å². The molecule has 0 amide bonds. The van der Waals surface area contributed by atoms with Crippen molar-refractivity contribution in [3.05, 3.63) is 77.4 Å². The van der Waals surface area contributed by atoms with Crippen molar-refractivity contribution in [1.82, 2.24) is 0 Å². The van der Waals surface area contributed by atoms with E-state index in [1.807, 2.05) is 0 Å². The lowest BCUT2D eigenvalue weighted by molar-refractivity contribution is 0.412. The zero-order valence-electron chi connectivity index (χ0n) is 13.6. The number of primary sulfonamides is 1. The van der Waals surface area contributed by atoms with E-state index in [-0.39, 0.29) is 10.5 Å². The van der Waals surface area contributed by atoms with Crippen LogP contribution in [0.1, 0.15) is 0 Å². The molecule has 3 aromatic carbocycles. The van der Waals surface area contributed by atoms with Gasteiger partial charge in [-0.1, -0.05) is 18.2 Å². The predicted molar refractivity (Wildman–Crippen MR) is 88.4 cm³/mol. The van der Waals surface area contributed by atoms with E-state index in [0.717, 1.165) is 30.3 Å². The van der Waals surface area contributed by atoms with Gasteiger partial charge in [0.1, 0.15) is 0 Å². The van der Waals surface area contributed by atoms with Crippen LogP contribution >= 0.6 is 0 Å². The molecule has 2 N–H and O–H groups in total. The van der Waals surface area contributed by atoms with Crippen LogP contribution in [0.5, 0.6) is 0 Å². The largest absolute Gasteiger partial charge is 0.238 e. The number of nitrogens with two attached hydrogens (primary N) is 1. The van der Waals surface area contributed by atoms with Crippen molar-refractivity contribution in [3.63, 3.8) is 0 Å². The summed E-state index contributed by atoms with van der Waals surface area (Å²) >= 11 is 0. The molecule has 0 aliphatic carbocycles. The summed E-state index contributed by atoms with van der Waals surface area (Å²) in [5.41, 5.74) is -2.37. The molecule has 0 saturated carbocycles. The van der Waals surface area contributed by atoms with E-state index in [1.165, 1.54) is 0 Å². The Hall–Kier alpha value is -2.85. The molecule has 3 aromatic rings. The molecule has 0 aliphatic heterocycles. The number of hydrogen-bond acceptors (Lipinski definition) is 2. The van der Waals surface area contributed by atoms with Crippen molar-refractivity contribution in [1.29, 1.82) is 0 Å². The molecule has 3 rings (SSSR count). The molecular weight excluding hydrogens is 408 g/mol. The van der Waals surface area contributed by atoms with E-state index in [0.29, 0.717) is 12.1 Å². The quantitative estimate of drug-likeness (QED) is 0.388. The Morgan fingerprint density at radius 1 is 0.607 bits per heavy atom. The molecule has 0 bridgehead atoms. The minimum absolute atomic E-state index is 0.248. The number of benzene rings is 3. The first-order valence-corrected chi connectivity index (χ1v) is 9.01. The third kappa shape index (κ3) is 3.36. The first kappa shape index (κ1) is 19.9. The van der Waals surface area contributed by atoms with Crippen LogP contribution in [-0.4, -0.2) is 8.42 Å². The highest BCUT2D eigenvalue weighted by atomic mass is 32.2. The Morgan fingerprint density at radius 3 is 1.54 bits per heavy atom. The lowest BCUT2D eigenvalue weighted by Gasteiger charge is -2.15. The molecular formula is C18H9F6NO2S. The van der Waals surface area contributed by atoms with Gasteiger partial charge in [0.05, 0.1) is 4.90 Å². The molecule has 0 radical (unpaired) electrons. The van der Waals surface area contributed by atoms with E-state index >= 15 is 0 Å². The second-order valence-corrected chi connectivity index (χ2v) is 7.27. The van der Waals surface area contributed by atoms with Crippen molar-refractivity contribution in [3.8, 4) is 22.3 Å². The van der Waals surface area contributed by atoms with Crippen molar-refractivity contribution in [2.45, 2.75) is 4.90 Å². The van der Waals surface area contributed by atoms with Crippen LogP contribution in [0.2, 0.25) is 0 Å². The van der Waals surface area contributed by atoms with Crippen LogP contribution in [0.3, 0.4) is 0 Å². The minimum atomic E-state index is -4.10. The fourth-order valence-electron chi connectivity index (χ4n) is 2.64. The fraction of sp³-hybridized carbons (Fsp3) is 0. The standard InChI is InChI=1S/C18H9F6NO2S/c19-11-6-3-9(7-12(11)20)14-13(15(21)17(23)18(24)16(14)22)8-1-4-10(5-2-8)28(25,26)27/h1-7H,(H2,25,26,27). The zero-order chi connectivity index (χ0) is 20.8. The lowest BCUT2D eigenvalue weighted by Crippen LogP contribution is -2.11. The van der Waals surface area contributed by atoms with Gasteiger partial charge in [-0.3, -0.25) is 0 Å². The first-order chi connectivity index (χ1) is 13.0. The summed E-state index contributed by atoms with van der Waals surface area (Å²) in [6, 6.07) is 5.81. The maximum absolute atomic E-state index is 14.5. The van der Waals surface area contributed by atoms with Crippen LogP contribution in [-0.2, 0) is 10.0 Å². The van der Waals surface area contributed by atoms with Crippen LogP contribution in [0.15, 0.2) is 47.4 Å². The topological polar surface area (TPSA) is 60.2 Å². The molecule has 0 unspecified atom stereocenters. The van der Waals surface area contributed by atoms with Crippen molar-refractivity contribution >= 4 is 10.0 Å². The summed E-state index contributed by atoms with van der Waals surface area (Å²) in [6.07, 6.45) is 0. The highest BCUT2D eigenvalue weighted by Crippen LogP contribution is 2.39. The maximum atomic E-state index is 14.5. The van der Waals surface area contributed by atoms with E-state index in [2.05, 4.69) is 0 Å². The van der Waals surface area contributed by atoms with Crippen molar-refractivity contribution < 1.29 is 34.8 Å². The maximum Gasteiger partial charge on any atom is 0.238 e. The smallest absolute Gasteiger partial charge is 0.225 e.